The number of hydrogen-bond donors (Lipinski definition) is 1. The maximum Gasteiger partial charge on any atom is 0.310 e. The van der Waals surface area contributed by atoms with E-state index in [0.29, 0.717) is 5.92 Å². The van der Waals surface area contributed by atoms with Gasteiger partial charge in [-0.2, -0.15) is 0 Å². The molecule has 3 nitrogen and oxygen atoms in total. The third-order valence-corrected chi connectivity index (χ3v) is 3.22. The number of carboxylic acids is 1. The van der Waals surface area contributed by atoms with Crippen molar-refractivity contribution in [3.63, 3.8) is 0 Å². The molecular formula is C15H19NO2. The minimum Gasteiger partial charge on any atom is -0.481 e. The molecule has 1 N–H and O–H groups in total. The Morgan fingerprint density at radius 1 is 1.28 bits per heavy atom. The number of benzene rings is 1. The average Bonchev–Trinajstić information content (AvgIpc) is 2.67. The minimum absolute atomic E-state index is 0.469. The first-order valence-corrected chi connectivity index (χ1v) is 6.31. The summed E-state index contributed by atoms with van der Waals surface area (Å²) in [6.45, 7) is 6.97. The summed E-state index contributed by atoms with van der Waals surface area (Å²) in [5.41, 5.74) is 2.02. The molecule has 2 rings (SSSR count). The van der Waals surface area contributed by atoms with Crippen molar-refractivity contribution in [3.05, 3.63) is 36.0 Å². The van der Waals surface area contributed by atoms with Crippen molar-refractivity contribution in [1.82, 2.24) is 4.57 Å². The summed E-state index contributed by atoms with van der Waals surface area (Å²) in [5, 5.41) is 10.2. The van der Waals surface area contributed by atoms with Crippen LogP contribution < -0.4 is 0 Å². The van der Waals surface area contributed by atoms with E-state index < -0.39 is 11.9 Å². The molecule has 0 fully saturated rings. The fourth-order valence-corrected chi connectivity index (χ4v) is 2.30. The first-order valence-electron chi connectivity index (χ1n) is 6.31. The van der Waals surface area contributed by atoms with Gasteiger partial charge in [-0.25, -0.2) is 0 Å². The number of rotatable bonds is 4. The maximum atomic E-state index is 11.2. The van der Waals surface area contributed by atoms with Gasteiger partial charge < -0.3 is 9.67 Å². The van der Waals surface area contributed by atoms with Crippen LogP contribution in [0, 0.1) is 5.92 Å². The van der Waals surface area contributed by atoms with Crippen LogP contribution in [0.1, 0.15) is 32.3 Å². The van der Waals surface area contributed by atoms with Crippen molar-refractivity contribution >= 4 is 16.9 Å². The predicted octanol–water partition coefficient (Wildman–Crippen LogP) is 3.49. The van der Waals surface area contributed by atoms with Gasteiger partial charge in [0.2, 0.25) is 0 Å². The predicted molar refractivity (Wildman–Crippen MR) is 72.8 cm³/mol. The summed E-state index contributed by atoms with van der Waals surface area (Å²) in [7, 11) is 0. The number of nitrogens with zero attached hydrogens (tertiary/aromatic N) is 1. The van der Waals surface area contributed by atoms with E-state index in [1.54, 1.807) is 6.92 Å². The number of carbonyl (C=O) groups is 1. The molecular weight excluding hydrogens is 226 g/mol. The zero-order valence-electron chi connectivity index (χ0n) is 11.1. The quantitative estimate of drug-likeness (QED) is 0.896. The highest BCUT2D eigenvalue weighted by atomic mass is 16.4. The van der Waals surface area contributed by atoms with Gasteiger partial charge in [-0.3, -0.25) is 4.79 Å². The van der Waals surface area contributed by atoms with Gasteiger partial charge in [-0.1, -0.05) is 32.0 Å². The van der Waals surface area contributed by atoms with E-state index in [4.69, 9.17) is 0 Å². The van der Waals surface area contributed by atoms with Gasteiger partial charge in [0.05, 0.1) is 5.92 Å². The van der Waals surface area contributed by atoms with E-state index in [0.717, 1.165) is 23.0 Å². The van der Waals surface area contributed by atoms with E-state index >= 15 is 0 Å². The molecule has 2 aromatic rings. The Balaban J connectivity index is 2.57. The van der Waals surface area contributed by atoms with Crippen molar-refractivity contribution in [2.75, 3.05) is 0 Å². The summed E-state index contributed by atoms with van der Waals surface area (Å²) in [5.74, 6) is -0.709. The lowest BCUT2D eigenvalue weighted by atomic mass is 10.0. The molecule has 0 aliphatic carbocycles. The zero-order valence-corrected chi connectivity index (χ0v) is 11.1. The van der Waals surface area contributed by atoms with Crippen LogP contribution in [0.15, 0.2) is 30.5 Å². The third kappa shape index (κ3) is 2.26. The number of fused-ring (bicyclic) bond motifs is 1. The van der Waals surface area contributed by atoms with E-state index in [-0.39, 0.29) is 0 Å². The van der Waals surface area contributed by atoms with Gasteiger partial charge in [-0.15, -0.1) is 0 Å². The molecule has 1 aromatic heterocycles. The number of aromatic nitrogens is 1. The largest absolute Gasteiger partial charge is 0.481 e. The van der Waals surface area contributed by atoms with Crippen LogP contribution in [0.4, 0.5) is 0 Å². The van der Waals surface area contributed by atoms with Crippen LogP contribution >= 0.6 is 0 Å². The fraction of sp³-hybridized carbons (Fsp3) is 0.400. The lowest BCUT2D eigenvalue weighted by Gasteiger charge is -2.07. The summed E-state index contributed by atoms with van der Waals surface area (Å²) < 4.78 is 2.16. The van der Waals surface area contributed by atoms with Crippen LogP contribution in [0.3, 0.4) is 0 Å². The van der Waals surface area contributed by atoms with Gasteiger partial charge in [0.15, 0.2) is 0 Å². The molecule has 1 atom stereocenters. The third-order valence-electron chi connectivity index (χ3n) is 3.22. The Morgan fingerprint density at radius 2 is 1.94 bits per heavy atom. The molecule has 0 bridgehead atoms. The second-order valence-electron chi connectivity index (χ2n) is 5.21. The Bertz CT molecular complexity index is 569. The SMILES string of the molecule is CC(C)Cn1cc(C(C)C(=O)O)c2ccccc21. The lowest BCUT2D eigenvalue weighted by molar-refractivity contribution is -0.138. The van der Waals surface area contributed by atoms with Crippen molar-refractivity contribution in [2.45, 2.75) is 33.2 Å². The second kappa shape index (κ2) is 4.84. The molecule has 0 aliphatic rings. The van der Waals surface area contributed by atoms with Crippen LogP contribution in [-0.4, -0.2) is 15.6 Å². The van der Waals surface area contributed by atoms with Gasteiger partial charge >= 0.3 is 5.97 Å². The number of hydrogen-bond acceptors (Lipinski definition) is 1. The molecule has 3 heteroatoms. The van der Waals surface area contributed by atoms with E-state index in [1.807, 2.05) is 24.4 Å². The van der Waals surface area contributed by atoms with Crippen LogP contribution in [0.5, 0.6) is 0 Å². The Labute approximate surface area is 107 Å². The maximum absolute atomic E-state index is 11.2. The van der Waals surface area contributed by atoms with E-state index in [9.17, 15) is 9.90 Å². The van der Waals surface area contributed by atoms with Gasteiger partial charge in [0.1, 0.15) is 0 Å². The molecule has 1 aromatic carbocycles. The monoisotopic (exact) mass is 245 g/mol. The molecule has 0 saturated carbocycles. The van der Waals surface area contributed by atoms with Gasteiger partial charge in [-0.05, 0) is 24.5 Å². The summed E-state index contributed by atoms with van der Waals surface area (Å²) in [6.07, 6.45) is 1.99. The van der Waals surface area contributed by atoms with Crippen molar-refractivity contribution in [1.29, 1.82) is 0 Å². The molecule has 0 aliphatic heterocycles. The molecule has 0 saturated heterocycles. The van der Waals surface area contributed by atoms with Crippen molar-refractivity contribution in [3.8, 4) is 0 Å². The van der Waals surface area contributed by atoms with Gasteiger partial charge in [0.25, 0.3) is 0 Å². The Hall–Kier alpha value is -1.77. The summed E-state index contributed by atoms with van der Waals surface area (Å²) in [4.78, 5) is 11.2. The minimum atomic E-state index is -0.776. The van der Waals surface area contributed by atoms with Crippen molar-refractivity contribution < 1.29 is 9.90 Å². The first-order chi connectivity index (χ1) is 8.50. The zero-order chi connectivity index (χ0) is 13.3. The van der Waals surface area contributed by atoms with E-state index in [1.165, 1.54) is 0 Å². The fourth-order valence-electron chi connectivity index (χ4n) is 2.30. The molecule has 18 heavy (non-hydrogen) atoms. The van der Waals surface area contributed by atoms with Crippen LogP contribution in [0.25, 0.3) is 10.9 Å². The highest BCUT2D eigenvalue weighted by Crippen LogP contribution is 2.28. The second-order valence-corrected chi connectivity index (χ2v) is 5.21. The standard InChI is InChI=1S/C15H19NO2/c1-10(2)8-16-9-13(11(3)15(17)18)12-6-4-5-7-14(12)16/h4-7,9-11H,8H2,1-3H3,(H,17,18). The number of aliphatic carboxylic acids is 1. The topological polar surface area (TPSA) is 42.2 Å². The van der Waals surface area contributed by atoms with E-state index in [2.05, 4.69) is 24.5 Å². The molecule has 0 radical (unpaired) electrons. The van der Waals surface area contributed by atoms with Crippen LogP contribution in [0.2, 0.25) is 0 Å². The van der Waals surface area contributed by atoms with Gasteiger partial charge in [0, 0.05) is 23.6 Å². The Kier molecular flexibility index (Phi) is 3.41. The molecule has 96 valence electrons. The van der Waals surface area contributed by atoms with Crippen molar-refractivity contribution in [2.24, 2.45) is 5.92 Å². The highest BCUT2D eigenvalue weighted by Gasteiger charge is 2.19. The number of carboxylic acid groups (broad SMARTS) is 1. The number of para-hydroxylation sites is 1. The highest BCUT2D eigenvalue weighted by molar-refractivity contribution is 5.89. The van der Waals surface area contributed by atoms with Crippen LogP contribution in [-0.2, 0) is 11.3 Å². The summed E-state index contributed by atoms with van der Waals surface area (Å²) in [6, 6.07) is 8.01. The average molecular weight is 245 g/mol. The Morgan fingerprint density at radius 3 is 2.56 bits per heavy atom. The smallest absolute Gasteiger partial charge is 0.310 e. The molecule has 1 unspecified atom stereocenters. The molecule has 0 spiro atoms. The molecule has 0 amide bonds. The lowest BCUT2D eigenvalue weighted by Crippen LogP contribution is -2.07. The first kappa shape index (κ1) is 12.7. The summed E-state index contributed by atoms with van der Waals surface area (Å²) >= 11 is 0. The normalized spacial score (nSPS) is 13.1. The molecule has 1 heterocycles.